The zero-order valence-electron chi connectivity index (χ0n) is 7.75. The van der Waals surface area contributed by atoms with Crippen molar-refractivity contribution in [3.63, 3.8) is 0 Å². The van der Waals surface area contributed by atoms with Gasteiger partial charge in [0.25, 0.3) is 0 Å². The summed E-state index contributed by atoms with van der Waals surface area (Å²) in [6.45, 7) is 3.67. The molecule has 0 spiro atoms. The predicted octanol–water partition coefficient (Wildman–Crippen LogP) is 2.15. The fourth-order valence-electron chi connectivity index (χ4n) is 0.909. The Morgan fingerprint density at radius 2 is 2.31 bits per heavy atom. The number of aliphatic hydroxyl groups is 1. The molecule has 0 bridgehead atoms. The summed E-state index contributed by atoms with van der Waals surface area (Å²) < 4.78 is 1.06. The molecule has 1 atom stereocenters. The van der Waals surface area contributed by atoms with Crippen molar-refractivity contribution in [1.82, 2.24) is 0 Å². The Kier molecular flexibility index (Phi) is 3.51. The van der Waals surface area contributed by atoms with Gasteiger partial charge in [0.1, 0.15) is 0 Å². The van der Waals surface area contributed by atoms with Gasteiger partial charge >= 0.3 is 0 Å². The molecular formula is C9H14BrNOS. The highest BCUT2D eigenvalue weighted by molar-refractivity contribution is 9.10. The van der Waals surface area contributed by atoms with E-state index in [-0.39, 0.29) is 0 Å². The highest BCUT2D eigenvalue weighted by Crippen LogP contribution is 2.25. The van der Waals surface area contributed by atoms with Crippen molar-refractivity contribution in [2.24, 2.45) is 5.73 Å². The molecule has 3 N–H and O–H groups in total. The van der Waals surface area contributed by atoms with Crippen molar-refractivity contribution in [2.75, 3.05) is 0 Å². The SMILES string of the molecule is CC(C)(N)C(O)Cc1sccc1Br. The topological polar surface area (TPSA) is 46.2 Å². The zero-order valence-corrected chi connectivity index (χ0v) is 10.2. The summed E-state index contributed by atoms with van der Waals surface area (Å²) in [5.74, 6) is 0. The third kappa shape index (κ3) is 3.06. The lowest BCUT2D eigenvalue weighted by molar-refractivity contribution is 0.105. The van der Waals surface area contributed by atoms with E-state index in [0.717, 1.165) is 9.35 Å². The van der Waals surface area contributed by atoms with Crippen LogP contribution in [0, 0.1) is 0 Å². The fourth-order valence-corrected chi connectivity index (χ4v) is 2.46. The van der Waals surface area contributed by atoms with Gasteiger partial charge in [-0.15, -0.1) is 11.3 Å². The van der Waals surface area contributed by atoms with Crippen LogP contribution in [-0.2, 0) is 6.42 Å². The molecule has 0 saturated heterocycles. The van der Waals surface area contributed by atoms with E-state index in [1.165, 1.54) is 0 Å². The van der Waals surface area contributed by atoms with Gasteiger partial charge in [-0.05, 0) is 41.2 Å². The lowest BCUT2D eigenvalue weighted by atomic mass is 9.96. The molecule has 74 valence electrons. The Morgan fingerprint density at radius 1 is 1.69 bits per heavy atom. The van der Waals surface area contributed by atoms with Crippen LogP contribution in [0.25, 0.3) is 0 Å². The summed E-state index contributed by atoms with van der Waals surface area (Å²) >= 11 is 5.05. The van der Waals surface area contributed by atoms with Crippen LogP contribution in [0.4, 0.5) is 0 Å². The van der Waals surface area contributed by atoms with Gasteiger partial charge in [0.05, 0.1) is 6.10 Å². The van der Waals surface area contributed by atoms with Gasteiger partial charge in [-0.1, -0.05) is 0 Å². The minimum atomic E-state index is -0.538. The smallest absolute Gasteiger partial charge is 0.0762 e. The first-order chi connectivity index (χ1) is 5.91. The van der Waals surface area contributed by atoms with Gasteiger partial charge in [0.15, 0.2) is 0 Å². The van der Waals surface area contributed by atoms with Gasteiger partial charge in [0.2, 0.25) is 0 Å². The first kappa shape index (κ1) is 11.2. The Bertz CT molecular complexity index is 279. The highest BCUT2D eigenvalue weighted by atomic mass is 79.9. The highest BCUT2D eigenvalue weighted by Gasteiger charge is 2.23. The van der Waals surface area contributed by atoms with Crippen molar-refractivity contribution in [3.05, 3.63) is 20.8 Å². The summed E-state index contributed by atoms with van der Waals surface area (Å²) in [4.78, 5) is 1.14. The first-order valence-electron chi connectivity index (χ1n) is 4.10. The fraction of sp³-hybridized carbons (Fsp3) is 0.556. The second-order valence-corrected chi connectivity index (χ2v) is 5.59. The standard InChI is InChI=1S/C9H14BrNOS/c1-9(2,11)8(12)5-7-6(10)3-4-13-7/h3-4,8,12H,5,11H2,1-2H3. The average Bonchev–Trinajstić information content (AvgIpc) is 2.34. The molecule has 1 unspecified atom stereocenters. The predicted molar refractivity (Wildman–Crippen MR) is 60.0 cm³/mol. The molecule has 2 nitrogen and oxygen atoms in total. The third-order valence-corrected chi connectivity index (χ3v) is 3.88. The largest absolute Gasteiger partial charge is 0.391 e. The minimum absolute atomic E-state index is 0.498. The monoisotopic (exact) mass is 263 g/mol. The number of hydrogen-bond acceptors (Lipinski definition) is 3. The van der Waals surface area contributed by atoms with Gasteiger partial charge in [-0.2, -0.15) is 0 Å². The summed E-state index contributed by atoms with van der Waals surface area (Å²) in [5, 5.41) is 11.7. The van der Waals surface area contributed by atoms with Crippen LogP contribution >= 0.6 is 27.3 Å². The minimum Gasteiger partial charge on any atom is -0.391 e. The van der Waals surface area contributed by atoms with Crippen molar-refractivity contribution in [3.8, 4) is 0 Å². The molecule has 0 aromatic carbocycles. The first-order valence-corrected chi connectivity index (χ1v) is 5.77. The summed E-state index contributed by atoms with van der Waals surface area (Å²) in [5.41, 5.74) is 5.25. The van der Waals surface area contributed by atoms with Crippen LogP contribution < -0.4 is 5.73 Å². The van der Waals surface area contributed by atoms with Gasteiger partial charge in [-0.25, -0.2) is 0 Å². The Morgan fingerprint density at radius 3 is 2.69 bits per heavy atom. The van der Waals surface area contributed by atoms with E-state index in [1.54, 1.807) is 11.3 Å². The van der Waals surface area contributed by atoms with Crippen LogP contribution in [0.5, 0.6) is 0 Å². The third-order valence-electron chi connectivity index (χ3n) is 1.93. The van der Waals surface area contributed by atoms with Gasteiger partial charge < -0.3 is 10.8 Å². The van der Waals surface area contributed by atoms with E-state index in [0.29, 0.717) is 6.42 Å². The molecule has 0 aliphatic heterocycles. The van der Waals surface area contributed by atoms with E-state index in [1.807, 2.05) is 25.3 Å². The number of rotatable bonds is 3. The van der Waals surface area contributed by atoms with Crippen LogP contribution in [-0.4, -0.2) is 16.7 Å². The van der Waals surface area contributed by atoms with Crippen molar-refractivity contribution >= 4 is 27.3 Å². The quantitative estimate of drug-likeness (QED) is 0.878. The zero-order chi connectivity index (χ0) is 10.1. The van der Waals surface area contributed by atoms with Gasteiger partial charge in [0, 0.05) is 21.3 Å². The molecule has 4 heteroatoms. The molecule has 1 rings (SSSR count). The van der Waals surface area contributed by atoms with Crippen LogP contribution in [0.15, 0.2) is 15.9 Å². The number of nitrogens with two attached hydrogens (primary N) is 1. The molecule has 0 aliphatic carbocycles. The molecule has 0 aliphatic rings. The van der Waals surface area contributed by atoms with Crippen LogP contribution in [0.1, 0.15) is 18.7 Å². The maximum absolute atomic E-state index is 9.74. The average molecular weight is 264 g/mol. The molecular weight excluding hydrogens is 250 g/mol. The Hall–Kier alpha value is 0.100. The summed E-state index contributed by atoms with van der Waals surface area (Å²) in [7, 11) is 0. The lowest BCUT2D eigenvalue weighted by Crippen LogP contribution is -2.46. The second kappa shape index (κ2) is 4.09. The van der Waals surface area contributed by atoms with E-state index >= 15 is 0 Å². The number of aliphatic hydroxyl groups excluding tert-OH is 1. The number of thiophene rings is 1. The maximum Gasteiger partial charge on any atom is 0.0762 e. The van der Waals surface area contributed by atoms with Crippen LogP contribution in [0.2, 0.25) is 0 Å². The van der Waals surface area contributed by atoms with E-state index < -0.39 is 11.6 Å². The van der Waals surface area contributed by atoms with Gasteiger partial charge in [-0.3, -0.25) is 0 Å². The van der Waals surface area contributed by atoms with Crippen molar-refractivity contribution in [1.29, 1.82) is 0 Å². The van der Waals surface area contributed by atoms with E-state index in [9.17, 15) is 5.11 Å². The summed E-state index contributed by atoms with van der Waals surface area (Å²) in [6, 6.07) is 1.98. The number of hydrogen-bond donors (Lipinski definition) is 2. The molecule has 0 saturated carbocycles. The van der Waals surface area contributed by atoms with Crippen LogP contribution in [0.3, 0.4) is 0 Å². The molecule has 13 heavy (non-hydrogen) atoms. The molecule has 1 aromatic heterocycles. The Balaban J connectivity index is 2.65. The molecule has 0 radical (unpaired) electrons. The number of halogens is 1. The normalized spacial score (nSPS) is 14.5. The molecule has 1 aromatic rings. The van der Waals surface area contributed by atoms with Crippen molar-refractivity contribution < 1.29 is 5.11 Å². The molecule has 0 fully saturated rings. The molecule has 1 heterocycles. The van der Waals surface area contributed by atoms with E-state index in [2.05, 4.69) is 15.9 Å². The molecule has 0 amide bonds. The van der Waals surface area contributed by atoms with Crippen molar-refractivity contribution in [2.45, 2.75) is 31.9 Å². The Labute approximate surface area is 90.9 Å². The maximum atomic E-state index is 9.74. The van der Waals surface area contributed by atoms with E-state index in [4.69, 9.17) is 5.73 Å². The lowest BCUT2D eigenvalue weighted by Gasteiger charge is -2.25. The second-order valence-electron chi connectivity index (χ2n) is 3.73. The summed E-state index contributed by atoms with van der Waals surface area (Å²) in [6.07, 6.45) is 0.115.